The number of nitrogens with zero attached hydrogens (tertiary/aromatic N) is 7. The first-order valence-electron chi connectivity index (χ1n) is 13.1. The standard InChI is InChI=1S/C29H32N8O3/c1-19-7-10-32-35-25(19)27(38)34-29(4)8-11-36(12-9-29)24-6-5-20(15-31-24)23-13-22(40-18-28(2,3)39)17-37-26(23)21(14-30)16-33-37/h5-7,10,13,15-17,39H,8-9,11-12,18H2,1-4H3,(H,34,38). The molecule has 0 atom stereocenters. The van der Waals surface area contributed by atoms with Crippen molar-refractivity contribution in [3.05, 3.63) is 65.9 Å². The molecule has 40 heavy (non-hydrogen) atoms. The van der Waals surface area contributed by atoms with Gasteiger partial charge in [0.15, 0.2) is 5.69 Å². The van der Waals surface area contributed by atoms with Gasteiger partial charge in [-0.2, -0.15) is 15.5 Å². The molecule has 5 heterocycles. The van der Waals surface area contributed by atoms with E-state index in [1.807, 2.05) is 25.1 Å². The highest BCUT2D eigenvalue weighted by atomic mass is 16.5. The van der Waals surface area contributed by atoms with Crippen LogP contribution in [0.5, 0.6) is 5.75 Å². The number of anilines is 1. The van der Waals surface area contributed by atoms with Gasteiger partial charge in [0.2, 0.25) is 0 Å². The number of aliphatic hydroxyl groups is 1. The second kappa shape index (κ2) is 10.5. The molecule has 5 rings (SSSR count). The van der Waals surface area contributed by atoms with E-state index in [0.29, 0.717) is 22.5 Å². The third-order valence-electron chi connectivity index (χ3n) is 7.10. The quantitative estimate of drug-likeness (QED) is 0.361. The van der Waals surface area contributed by atoms with Crippen molar-refractivity contribution < 1.29 is 14.6 Å². The van der Waals surface area contributed by atoms with E-state index in [-0.39, 0.29) is 18.1 Å². The molecule has 4 aromatic heterocycles. The number of rotatable bonds is 7. The molecule has 2 N–H and O–H groups in total. The lowest BCUT2D eigenvalue weighted by atomic mass is 9.89. The molecule has 0 bridgehead atoms. The minimum atomic E-state index is -0.998. The zero-order valence-electron chi connectivity index (χ0n) is 23.0. The minimum Gasteiger partial charge on any atom is -0.489 e. The number of hydrogen-bond acceptors (Lipinski definition) is 9. The van der Waals surface area contributed by atoms with Crippen molar-refractivity contribution in [3.63, 3.8) is 0 Å². The van der Waals surface area contributed by atoms with Crippen LogP contribution < -0.4 is 15.0 Å². The first-order chi connectivity index (χ1) is 19.0. The SMILES string of the molecule is Cc1ccnnc1C(=O)NC1(C)CCN(c2ccc(-c3cc(OCC(C)(C)O)cn4ncc(C#N)c34)cn2)CC1. The summed E-state index contributed by atoms with van der Waals surface area (Å²) in [6, 6.07) is 9.75. The number of nitrogens with one attached hydrogen (secondary N) is 1. The summed E-state index contributed by atoms with van der Waals surface area (Å²) in [6.07, 6.45) is 8.09. The van der Waals surface area contributed by atoms with Gasteiger partial charge in [-0.05, 0) is 70.4 Å². The van der Waals surface area contributed by atoms with Crippen molar-refractivity contribution in [2.45, 2.75) is 51.7 Å². The van der Waals surface area contributed by atoms with Crippen LogP contribution in [-0.2, 0) is 0 Å². The van der Waals surface area contributed by atoms with E-state index in [1.165, 1.54) is 6.20 Å². The summed E-state index contributed by atoms with van der Waals surface area (Å²) in [5, 5.41) is 35.0. The van der Waals surface area contributed by atoms with Crippen LogP contribution in [0.2, 0.25) is 0 Å². The summed E-state index contributed by atoms with van der Waals surface area (Å²) < 4.78 is 7.44. The van der Waals surface area contributed by atoms with E-state index >= 15 is 0 Å². The van der Waals surface area contributed by atoms with Crippen molar-refractivity contribution in [2.24, 2.45) is 0 Å². The summed E-state index contributed by atoms with van der Waals surface area (Å²) in [4.78, 5) is 19.7. The average molecular weight is 541 g/mol. The number of hydrogen-bond donors (Lipinski definition) is 2. The molecule has 0 saturated carbocycles. The van der Waals surface area contributed by atoms with Crippen LogP contribution in [0, 0.1) is 18.3 Å². The lowest BCUT2D eigenvalue weighted by Gasteiger charge is -2.40. The predicted octanol–water partition coefficient (Wildman–Crippen LogP) is 3.31. The Balaban J connectivity index is 1.32. The molecule has 1 amide bonds. The Kier molecular flexibility index (Phi) is 7.12. The number of aryl methyl sites for hydroxylation is 1. The lowest BCUT2D eigenvalue weighted by Crippen LogP contribution is -2.53. The van der Waals surface area contributed by atoms with Gasteiger partial charge in [0.25, 0.3) is 5.91 Å². The van der Waals surface area contributed by atoms with E-state index in [0.717, 1.165) is 48.4 Å². The summed E-state index contributed by atoms with van der Waals surface area (Å²) in [5.74, 6) is 1.15. The summed E-state index contributed by atoms with van der Waals surface area (Å²) in [6.45, 7) is 8.82. The summed E-state index contributed by atoms with van der Waals surface area (Å²) in [7, 11) is 0. The van der Waals surface area contributed by atoms with E-state index in [9.17, 15) is 15.2 Å². The fourth-order valence-corrected chi connectivity index (χ4v) is 4.78. The molecule has 0 aliphatic carbocycles. The Hall–Kier alpha value is -4.56. The fraction of sp³-hybridized carbons (Fsp3) is 0.379. The van der Waals surface area contributed by atoms with Crippen molar-refractivity contribution in [3.8, 4) is 22.9 Å². The largest absolute Gasteiger partial charge is 0.489 e. The Morgan fingerprint density at radius 2 is 2.02 bits per heavy atom. The van der Waals surface area contributed by atoms with Gasteiger partial charge >= 0.3 is 0 Å². The summed E-state index contributed by atoms with van der Waals surface area (Å²) in [5.41, 5.74) is 2.47. The topological polar surface area (TPSA) is 142 Å². The number of pyridine rings is 2. The predicted molar refractivity (Wildman–Crippen MR) is 149 cm³/mol. The Morgan fingerprint density at radius 3 is 2.67 bits per heavy atom. The van der Waals surface area contributed by atoms with Crippen LogP contribution in [-0.4, -0.2) is 66.6 Å². The third-order valence-corrected chi connectivity index (χ3v) is 7.10. The highest BCUT2D eigenvalue weighted by Crippen LogP contribution is 2.32. The number of nitriles is 1. The first-order valence-corrected chi connectivity index (χ1v) is 13.1. The number of carbonyl (C=O) groups excluding carboxylic acids is 1. The fourth-order valence-electron chi connectivity index (χ4n) is 4.78. The lowest BCUT2D eigenvalue weighted by molar-refractivity contribution is 0.0283. The molecule has 4 aromatic rings. The summed E-state index contributed by atoms with van der Waals surface area (Å²) >= 11 is 0. The van der Waals surface area contributed by atoms with Gasteiger partial charge in [-0.15, -0.1) is 5.10 Å². The van der Waals surface area contributed by atoms with Crippen molar-refractivity contribution in [1.29, 1.82) is 5.26 Å². The van der Waals surface area contributed by atoms with Gasteiger partial charge < -0.3 is 20.1 Å². The second-order valence-corrected chi connectivity index (χ2v) is 11.1. The third kappa shape index (κ3) is 5.72. The van der Waals surface area contributed by atoms with E-state index in [1.54, 1.807) is 43.0 Å². The first kappa shape index (κ1) is 27.0. The maximum Gasteiger partial charge on any atom is 0.272 e. The number of carbonyl (C=O) groups is 1. The zero-order valence-corrected chi connectivity index (χ0v) is 23.0. The highest BCUT2D eigenvalue weighted by Gasteiger charge is 2.33. The van der Waals surface area contributed by atoms with Crippen molar-refractivity contribution in [1.82, 2.24) is 30.1 Å². The number of ether oxygens (including phenoxy) is 1. The van der Waals surface area contributed by atoms with Crippen LogP contribution in [0.4, 0.5) is 5.82 Å². The van der Waals surface area contributed by atoms with Crippen molar-refractivity contribution in [2.75, 3.05) is 24.6 Å². The minimum absolute atomic E-state index is 0.105. The van der Waals surface area contributed by atoms with Gasteiger partial charge in [0, 0.05) is 42.1 Å². The van der Waals surface area contributed by atoms with Gasteiger partial charge in [-0.3, -0.25) is 4.79 Å². The van der Waals surface area contributed by atoms with E-state index in [4.69, 9.17) is 9.72 Å². The molecule has 1 saturated heterocycles. The monoisotopic (exact) mass is 540 g/mol. The maximum absolute atomic E-state index is 12.8. The molecule has 11 nitrogen and oxygen atoms in total. The smallest absolute Gasteiger partial charge is 0.272 e. The Labute approximate surface area is 232 Å². The second-order valence-electron chi connectivity index (χ2n) is 11.1. The zero-order chi connectivity index (χ0) is 28.5. The molecule has 0 aromatic carbocycles. The van der Waals surface area contributed by atoms with Gasteiger partial charge in [0.1, 0.15) is 24.2 Å². The molecular weight excluding hydrogens is 508 g/mol. The van der Waals surface area contributed by atoms with Crippen LogP contribution in [0.15, 0.2) is 49.1 Å². The van der Waals surface area contributed by atoms with E-state index in [2.05, 4.69) is 38.5 Å². The molecule has 0 unspecified atom stereocenters. The van der Waals surface area contributed by atoms with E-state index < -0.39 is 5.60 Å². The average Bonchev–Trinajstić information content (AvgIpc) is 3.35. The van der Waals surface area contributed by atoms with Crippen LogP contribution in [0.25, 0.3) is 16.6 Å². The van der Waals surface area contributed by atoms with Crippen LogP contribution >= 0.6 is 0 Å². The van der Waals surface area contributed by atoms with Crippen LogP contribution in [0.1, 0.15) is 55.2 Å². The number of aromatic nitrogens is 5. The Bertz CT molecular complexity index is 1580. The molecule has 206 valence electrons. The molecule has 1 fully saturated rings. The Morgan fingerprint density at radius 1 is 1.25 bits per heavy atom. The van der Waals surface area contributed by atoms with Gasteiger partial charge in [0.05, 0.1) is 29.1 Å². The maximum atomic E-state index is 12.8. The molecular formula is C29H32N8O3. The van der Waals surface area contributed by atoms with Crippen molar-refractivity contribution >= 4 is 17.2 Å². The normalized spacial score (nSPS) is 15.1. The molecule has 1 aliphatic rings. The number of fused-ring (bicyclic) bond motifs is 1. The number of piperidine rings is 1. The van der Waals surface area contributed by atoms with Gasteiger partial charge in [-0.25, -0.2) is 9.50 Å². The van der Waals surface area contributed by atoms with Crippen LogP contribution in [0.3, 0.4) is 0 Å². The highest BCUT2D eigenvalue weighted by molar-refractivity contribution is 5.94. The molecule has 1 aliphatic heterocycles. The molecule has 0 spiro atoms. The van der Waals surface area contributed by atoms with Gasteiger partial charge in [-0.1, -0.05) is 0 Å². The molecule has 11 heteroatoms. The molecule has 0 radical (unpaired) electrons. The number of amides is 1.